The maximum absolute atomic E-state index is 5.99. The van der Waals surface area contributed by atoms with Crippen LogP contribution in [-0.4, -0.2) is 29.5 Å². The van der Waals surface area contributed by atoms with Gasteiger partial charge >= 0.3 is 0 Å². The van der Waals surface area contributed by atoms with Gasteiger partial charge < -0.3 is 15.2 Å². The van der Waals surface area contributed by atoms with Gasteiger partial charge in [-0.2, -0.15) is 5.10 Å². The summed E-state index contributed by atoms with van der Waals surface area (Å²) < 4.78 is 13.9. The fourth-order valence-electron chi connectivity index (χ4n) is 3.43. The van der Waals surface area contributed by atoms with Gasteiger partial charge in [0.15, 0.2) is 6.23 Å². The lowest BCUT2D eigenvalue weighted by Crippen LogP contribution is -2.19. The van der Waals surface area contributed by atoms with Crippen molar-refractivity contribution in [1.29, 1.82) is 0 Å². The lowest BCUT2D eigenvalue weighted by atomic mass is 10.1. The van der Waals surface area contributed by atoms with Gasteiger partial charge in [0.25, 0.3) is 0 Å². The first-order valence-electron chi connectivity index (χ1n) is 9.39. The van der Waals surface area contributed by atoms with Crippen LogP contribution in [0.1, 0.15) is 31.9 Å². The summed E-state index contributed by atoms with van der Waals surface area (Å²) in [5, 5.41) is 6.03. The SMILES string of the molecule is NCCCOc1ccc2c(c1)c(-c1ccccc1)nn2C1CCCCO1. The largest absolute Gasteiger partial charge is 0.494 e. The zero-order chi connectivity index (χ0) is 17.8. The Morgan fingerprint density at radius 2 is 2.04 bits per heavy atom. The van der Waals surface area contributed by atoms with Crippen molar-refractivity contribution in [1.82, 2.24) is 9.78 Å². The molecule has 136 valence electrons. The first kappa shape index (κ1) is 17.1. The molecule has 0 radical (unpaired) electrons. The summed E-state index contributed by atoms with van der Waals surface area (Å²) in [5.41, 5.74) is 8.72. The molecule has 1 aliphatic rings. The van der Waals surface area contributed by atoms with Crippen LogP contribution < -0.4 is 10.5 Å². The van der Waals surface area contributed by atoms with E-state index < -0.39 is 0 Å². The van der Waals surface area contributed by atoms with Crippen LogP contribution in [0.15, 0.2) is 48.5 Å². The Hall–Kier alpha value is -2.37. The first-order chi connectivity index (χ1) is 12.9. The second-order valence-corrected chi connectivity index (χ2v) is 6.65. The van der Waals surface area contributed by atoms with Crippen LogP contribution in [-0.2, 0) is 4.74 Å². The van der Waals surface area contributed by atoms with Crippen molar-refractivity contribution in [3.8, 4) is 17.0 Å². The molecule has 1 aliphatic heterocycles. The fraction of sp³-hybridized carbons (Fsp3) is 0.381. The number of ether oxygens (including phenoxy) is 2. The molecular weight excluding hydrogens is 326 g/mol. The first-order valence-corrected chi connectivity index (χ1v) is 9.39. The van der Waals surface area contributed by atoms with Crippen LogP contribution in [0.25, 0.3) is 22.2 Å². The van der Waals surface area contributed by atoms with Gasteiger partial charge in [-0.3, -0.25) is 0 Å². The van der Waals surface area contributed by atoms with Crippen molar-refractivity contribution in [2.75, 3.05) is 19.8 Å². The number of benzene rings is 2. The summed E-state index contributed by atoms with van der Waals surface area (Å²) in [6, 6.07) is 16.5. The standard InChI is InChI=1S/C21H25N3O2/c22-12-6-14-25-17-10-11-19-18(15-17)21(16-7-2-1-3-8-16)23-24(19)20-9-4-5-13-26-20/h1-3,7-8,10-11,15,20H,4-6,9,12-14,22H2. The van der Waals surface area contributed by atoms with E-state index in [0.29, 0.717) is 13.2 Å². The molecule has 4 rings (SSSR count). The van der Waals surface area contributed by atoms with Crippen molar-refractivity contribution in [2.45, 2.75) is 31.9 Å². The Labute approximate surface area is 153 Å². The smallest absolute Gasteiger partial charge is 0.150 e. The van der Waals surface area contributed by atoms with Gasteiger partial charge in [0.2, 0.25) is 0 Å². The lowest BCUT2D eigenvalue weighted by Gasteiger charge is -2.23. The van der Waals surface area contributed by atoms with Crippen molar-refractivity contribution in [2.24, 2.45) is 5.73 Å². The topological polar surface area (TPSA) is 62.3 Å². The van der Waals surface area contributed by atoms with Gasteiger partial charge in [0, 0.05) is 17.6 Å². The minimum Gasteiger partial charge on any atom is -0.494 e. The quantitative estimate of drug-likeness (QED) is 0.678. The predicted octanol–water partition coefficient (Wildman–Crippen LogP) is 4.13. The maximum atomic E-state index is 5.99. The zero-order valence-corrected chi connectivity index (χ0v) is 14.9. The van der Waals surface area contributed by atoms with E-state index in [1.807, 2.05) is 28.9 Å². The molecule has 0 saturated carbocycles. The Morgan fingerprint density at radius 1 is 1.15 bits per heavy atom. The van der Waals surface area contributed by atoms with E-state index in [1.165, 1.54) is 6.42 Å². The van der Waals surface area contributed by atoms with Crippen LogP contribution >= 0.6 is 0 Å². The molecule has 1 aromatic heterocycles. The van der Waals surface area contributed by atoms with Crippen LogP contribution in [0.4, 0.5) is 0 Å². The molecule has 5 nitrogen and oxygen atoms in total. The average Bonchev–Trinajstić information content (AvgIpc) is 3.08. The van der Waals surface area contributed by atoms with Crippen LogP contribution in [0, 0.1) is 0 Å². The Morgan fingerprint density at radius 3 is 2.81 bits per heavy atom. The Bertz CT molecular complexity index is 854. The predicted molar refractivity (Wildman–Crippen MR) is 103 cm³/mol. The van der Waals surface area contributed by atoms with Gasteiger partial charge in [-0.25, -0.2) is 4.68 Å². The minimum atomic E-state index is 0.00715. The molecule has 26 heavy (non-hydrogen) atoms. The molecule has 0 spiro atoms. The highest BCUT2D eigenvalue weighted by molar-refractivity contribution is 5.94. The molecule has 2 heterocycles. The summed E-state index contributed by atoms with van der Waals surface area (Å²) in [5.74, 6) is 0.854. The van der Waals surface area contributed by atoms with Gasteiger partial charge in [-0.15, -0.1) is 0 Å². The second-order valence-electron chi connectivity index (χ2n) is 6.65. The number of hydrogen-bond acceptors (Lipinski definition) is 4. The lowest BCUT2D eigenvalue weighted by molar-refractivity contribution is -0.0365. The van der Waals surface area contributed by atoms with E-state index in [9.17, 15) is 0 Å². The molecule has 5 heteroatoms. The molecule has 0 aliphatic carbocycles. The molecule has 3 aromatic rings. The molecule has 1 fully saturated rings. The van der Waals surface area contributed by atoms with Crippen LogP contribution in [0.2, 0.25) is 0 Å². The second kappa shape index (κ2) is 7.89. The number of rotatable bonds is 6. The molecule has 1 saturated heterocycles. The normalized spacial score (nSPS) is 17.5. The molecule has 0 amide bonds. The third kappa shape index (κ3) is 3.45. The highest BCUT2D eigenvalue weighted by Crippen LogP contribution is 2.34. The van der Waals surface area contributed by atoms with Crippen LogP contribution in [0.5, 0.6) is 5.75 Å². The summed E-state index contributed by atoms with van der Waals surface area (Å²) in [6.45, 7) is 2.06. The molecule has 1 atom stereocenters. The summed E-state index contributed by atoms with van der Waals surface area (Å²) in [6.07, 6.45) is 4.15. The fourth-order valence-corrected chi connectivity index (χ4v) is 3.43. The maximum Gasteiger partial charge on any atom is 0.150 e. The minimum absolute atomic E-state index is 0.00715. The molecular formula is C21H25N3O2. The van der Waals surface area contributed by atoms with Gasteiger partial charge in [0.05, 0.1) is 12.1 Å². The van der Waals surface area contributed by atoms with Gasteiger partial charge in [0.1, 0.15) is 11.4 Å². The van der Waals surface area contributed by atoms with E-state index in [1.54, 1.807) is 0 Å². The monoisotopic (exact) mass is 351 g/mol. The van der Waals surface area contributed by atoms with Crippen LogP contribution in [0.3, 0.4) is 0 Å². The number of hydrogen-bond donors (Lipinski definition) is 1. The Balaban J connectivity index is 1.77. The number of fused-ring (bicyclic) bond motifs is 1. The summed E-state index contributed by atoms with van der Waals surface area (Å²) >= 11 is 0. The van der Waals surface area contributed by atoms with Gasteiger partial charge in [-0.05, 0) is 50.4 Å². The molecule has 2 aromatic carbocycles. The van der Waals surface area contributed by atoms with Crippen molar-refractivity contribution in [3.05, 3.63) is 48.5 Å². The van der Waals surface area contributed by atoms with E-state index >= 15 is 0 Å². The highest BCUT2D eigenvalue weighted by atomic mass is 16.5. The molecule has 1 unspecified atom stereocenters. The van der Waals surface area contributed by atoms with Crippen molar-refractivity contribution in [3.63, 3.8) is 0 Å². The third-order valence-corrected chi connectivity index (χ3v) is 4.77. The number of nitrogens with zero attached hydrogens (tertiary/aromatic N) is 2. The molecule has 2 N–H and O–H groups in total. The summed E-state index contributed by atoms with van der Waals surface area (Å²) in [7, 11) is 0. The number of aromatic nitrogens is 2. The van der Waals surface area contributed by atoms with E-state index in [-0.39, 0.29) is 6.23 Å². The van der Waals surface area contributed by atoms with Crippen molar-refractivity contribution < 1.29 is 9.47 Å². The average molecular weight is 351 g/mol. The van der Waals surface area contributed by atoms with E-state index in [0.717, 1.165) is 53.8 Å². The van der Waals surface area contributed by atoms with E-state index in [2.05, 4.69) is 24.3 Å². The third-order valence-electron chi connectivity index (χ3n) is 4.77. The van der Waals surface area contributed by atoms with E-state index in [4.69, 9.17) is 20.3 Å². The summed E-state index contributed by atoms with van der Waals surface area (Å²) in [4.78, 5) is 0. The van der Waals surface area contributed by atoms with Crippen molar-refractivity contribution >= 4 is 10.9 Å². The zero-order valence-electron chi connectivity index (χ0n) is 14.9. The number of nitrogens with two attached hydrogens (primary N) is 1. The van der Waals surface area contributed by atoms with Gasteiger partial charge in [-0.1, -0.05) is 30.3 Å². The molecule has 0 bridgehead atoms. The Kier molecular flexibility index (Phi) is 5.18. The highest BCUT2D eigenvalue weighted by Gasteiger charge is 2.22.